The number of carbonyl (C=O) groups is 2. The molecule has 3 rings (SSSR count). The topological polar surface area (TPSA) is 148 Å². The number of phenols is 1. The summed E-state index contributed by atoms with van der Waals surface area (Å²) < 4.78 is 65.8. The highest BCUT2D eigenvalue weighted by molar-refractivity contribution is 7.94. The number of esters is 1. The summed E-state index contributed by atoms with van der Waals surface area (Å²) in [6.07, 6.45) is 0.602. The van der Waals surface area contributed by atoms with Crippen LogP contribution in [0.4, 0.5) is 18.9 Å². The molecule has 0 aliphatic heterocycles. The van der Waals surface area contributed by atoms with E-state index in [0.29, 0.717) is 13.0 Å². The molecule has 3 N–H and O–H groups in total. The Balaban J connectivity index is 0.000000572. The molecule has 36 heavy (non-hydrogen) atoms. The number of carbonyl (C=O) groups excluding carboxylic acids is 1. The molecular weight excluding hydrogens is 574 g/mol. The number of nitrogens with zero attached hydrogens (tertiary/aromatic N) is 2. The minimum absolute atomic E-state index is 0.0693. The van der Waals surface area contributed by atoms with Crippen molar-refractivity contribution in [2.24, 2.45) is 0 Å². The predicted octanol–water partition coefficient (Wildman–Crippen LogP) is 4.64. The number of aromatic nitrogens is 2. The molecule has 0 amide bonds. The highest BCUT2D eigenvalue weighted by Crippen LogP contribution is 2.35. The van der Waals surface area contributed by atoms with Crippen LogP contribution >= 0.6 is 34.5 Å². The van der Waals surface area contributed by atoms with Gasteiger partial charge in [-0.2, -0.15) is 13.2 Å². The van der Waals surface area contributed by atoms with Gasteiger partial charge in [-0.1, -0.05) is 23.2 Å². The summed E-state index contributed by atoms with van der Waals surface area (Å²) in [5.74, 6) is -3.88. The van der Waals surface area contributed by atoms with Crippen molar-refractivity contribution in [3.63, 3.8) is 0 Å². The maximum Gasteiger partial charge on any atom is 0.490 e. The Bertz CT molecular complexity index is 1290. The van der Waals surface area contributed by atoms with Crippen LogP contribution in [0.3, 0.4) is 0 Å². The molecule has 10 nitrogen and oxygen atoms in total. The van der Waals surface area contributed by atoms with Crippen molar-refractivity contribution in [3.05, 3.63) is 57.9 Å². The Labute approximate surface area is 215 Å². The Kier molecular flexibility index (Phi) is 9.98. The average molecular weight is 590 g/mol. The summed E-state index contributed by atoms with van der Waals surface area (Å²) >= 11 is 12.4. The highest BCUT2D eigenvalue weighted by atomic mass is 35.5. The third-order valence-corrected chi connectivity index (χ3v) is 7.67. The molecule has 2 heterocycles. The first-order valence-electron chi connectivity index (χ1n) is 9.44. The highest BCUT2D eigenvalue weighted by Gasteiger charge is 2.38. The maximum atomic E-state index is 12.4. The van der Waals surface area contributed by atoms with Gasteiger partial charge in [0.1, 0.15) is 19.9 Å². The first kappa shape index (κ1) is 29.2. The molecule has 2 aromatic heterocycles. The van der Waals surface area contributed by atoms with Crippen LogP contribution < -0.4 is 4.72 Å². The number of halogens is 5. The number of aliphatic carboxylic acids is 1. The van der Waals surface area contributed by atoms with Gasteiger partial charge in [-0.05, 0) is 24.6 Å². The lowest BCUT2D eigenvalue weighted by Crippen LogP contribution is -2.21. The Hall–Kier alpha value is -3.01. The monoisotopic (exact) mass is 589 g/mol. The van der Waals surface area contributed by atoms with Gasteiger partial charge in [0.2, 0.25) is 0 Å². The number of aromatic hydroxyl groups is 1. The van der Waals surface area contributed by atoms with Crippen molar-refractivity contribution in [2.75, 3.05) is 11.3 Å². The van der Waals surface area contributed by atoms with E-state index in [2.05, 4.69) is 9.71 Å². The Morgan fingerprint density at radius 3 is 2.39 bits per heavy atom. The van der Waals surface area contributed by atoms with Crippen LogP contribution in [0, 0.1) is 0 Å². The van der Waals surface area contributed by atoms with Crippen molar-refractivity contribution < 1.29 is 46.1 Å². The fraction of sp³-hybridized carbons (Fsp3) is 0.211. The fourth-order valence-corrected chi connectivity index (χ4v) is 5.27. The number of alkyl halides is 3. The number of anilines is 1. The van der Waals surface area contributed by atoms with E-state index in [1.54, 1.807) is 18.7 Å². The number of thiophene rings is 1. The molecule has 3 aromatic rings. The van der Waals surface area contributed by atoms with E-state index < -0.39 is 33.9 Å². The first-order chi connectivity index (χ1) is 16.7. The minimum atomic E-state index is -5.08. The SMILES string of the molecule is O=C(O)C(F)(F)F.O=C(OCCCn1ccnc1)c1ccc(NS(=O)(=O)c2cc(Cl)c(Cl)s2)cc1O. The van der Waals surface area contributed by atoms with Gasteiger partial charge in [-0.3, -0.25) is 4.72 Å². The molecule has 0 aliphatic rings. The van der Waals surface area contributed by atoms with Gasteiger partial charge in [0.05, 0.1) is 23.6 Å². The Morgan fingerprint density at radius 1 is 1.22 bits per heavy atom. The molecule has 0 bridgehead atoms. The molecule has 0 fully saturated rings. The van der Waals surface area contributed by atoms with Crippen molar-refractivity contribution in [3.8, 4) is 5.75 Å². The zero-order chi connectivity index (χ0) is 27.1. The molecule has 0 saturated heterocycles. The zero-order valence-corrected chi connectivity index (χ0v) is 20.8. The minimum Gasteiger partial charge on any atom is -0.507 e. The number of aryl methyl sites for hydroxylation is 1. The van der Waals surface area contributed by atoms with Crippen LogP contribution in [0.15, 0.2) is 47.2 Å². The largest absolute Gasteiger partial charge is 0.507 e. The number of ether oxygens (including phenoxy) is 1. The third-order valence-electron chi connectivity index (χ3n) is 3.95. The summed E-state index contributed by atoms with van der Waals surface area (Å²) in [5.41, 5.74) is -0.00223. The molecule has 0 spiro atoms. The van der Waals surface area contributed by atoms with Gasteiger partial charge in [-0.25, -0.2) is 23.0 Å². The van der Waals surface area contributed by atoms with Crippen LogP contribution in [0.25, 0.3) is 0 Å². The summed E-state index contributed by atoms with van der Waals surface area (Å²) in [6.45, 7) is 0.793. The molecule has 0 aliphatic carbocycles. The number of carboxylic acid groups (broad SMARTS) is 1. The van der Waals surface area contributed by atoms with Crippen molar-refractivity contribution >= 4 is 62.2 Å². The number of carboxylic acids is 1. The molecule has 0 radical (unpaired) electrons. The molecule has 1 aromatic carbocycles. The van der Waals surface area contributed by atoms with E-state index in [-0.39, 0.29) is 31.4 Å². The normalized spacial score (nSPS) is 11.4. The molecule has 17 heteroatoms. The van der Waals surface area contributed by atoms with Crippen molar-refractivity contribution in [1.29, 1.82) is 0 Å². The number of sulfonamides is 1. The molecule has 0 unspecified atom stereocenters. The number of imidazole rings is 1. The number of nitrogens with one attached hydrogen (secondary N) is 1. The van der Waals surface area contributed by atoms with E-state index in [1.807, 2.05) is 4.57 Å². The lowest BCUT2D eigenvalue weighted by molar-refractivity contribution is -0.192. The quantitative estimate of drug-likeness (QED) is 0.254. The van der Waals surface area contributed by atoms with Crippen molar-refractivity contribution in [1.82, 2.24) is 9.55 Å². The van der Waals surface area contributed by atoms with E-state index in [1.165, 1.54) is 18.2 Å². The van der Waals surface area contributed by atoms with Gasteiger partial charge in [0.15, 0.2) is 0 Å². The zero-order valence-electron chi connectivity index (χ0n) is 17.7. The second kappa shape index (κ2) is 12.3. The van der Waals surface area contributed by atoms with Crippen LogP contribution in [0.5, 0.6) is 5.75 Å². The van der Waals surface area contributed by atoms with E-state index in [4.69, 9.17) is 37.8 Å². The number of hydrogen-bond donors (Lipinski definition) is 3. The van der Waals surface area contributed by atoms with Gasteiger partial charge >= 0.3 is 18.1 Å². The smallest absolute Gasteiger partial charge is 0.490 e. The van der Waals surface area contributed by atoms with E-state index in [9.17, 15) is 31.5 Å². The van der Waals surface area contributed by atoms with Crippen LogP contribution in [-0.2, 0) is 26.1 Å². The van der Waals surface area contributed by atoms with Crippen LogP contribution in [0.2, 0.25) is 9.36 Å². The van der Waals surface area contributed by atoms with Gasteiger partial charge < -0.3 is 19.5 Å². The lowest BCUT2D eigenvalue weighted by atomic mass is 10.2. The number of rotatable bonds is 8. The summed E-state index contributed by atoms with van der Waals surface area (Å²) in [7, 11) is -3.94. The number of benzene rings is 1. The molecular formula is C19H16Cl2F3N3O7S2. The van der Waals surface area contributed by atoms with Gasteiger partial charge in [0.25, 0.3) is 10.0 Å². The van der Waals surface area contributed by atoms with Crippen LogP contribution in [-0.4, -0.2) is 52.9 Å². The second-order valence-electron chi connectivity index (χ2n) is 6.62. The molecule has 0 saturated carbocycles. The summed E-state index contributed by atoms with van der Waals surface area (Å²) in [5, 5.41) is 17.4. The number of hydrogen-bond acceptors (Lipinski definition) is 8. The molecule has 196 valence electrons. The van der Waals surface area contributed by atoms with Gasteiger partial charge in [0, 0.05) is 25.0 Å². The fourth-order valence-electron chi connectivity index (χ4n) is 2.34. The number of phenolic OH excluding ortho intramolecular Hbond substituents is 1. The predicted molar refractivity (Wildman–Crippen MR) is 124 cm³/mol. The average Bonchev–Trinajstić information content (AvgIpc) is 3.41. The maximum absolute atomic E-state index is 12.4. The standard InChI is InChI=1S/C17H15Cl2N3O5S2.C2HF3O2/c18-13-9-15(28-16(13)19)29(25,26)21-11-2-3-12(14(23)8-11)17(24)27-7-1-5-22-6-4-20-10-22;3-2(4,5)1(6)7/h2-4,6,8-10,21,23H,1,5,7H2;(H,6,7). The van der Waals surface area contributed by atoms with Crippen molar-refractivity contribution in [2.45, 2.75) is 23.4 Å². The summed E-state index contributed by atoms with van der Waals surface area (Å²) in [4.78, 5) is 24.9. The van der Waals surface area contributed by atoms with E-state index >= 15 is 0 Å². The van der Waals surface area contributed by atoms with E-state index in [0.717, 1.165) is 17.4 Å². The molecule has 0 atom stereocenters. The lowest BCUT2D eigenvalue weighted by Gasteiger charge is -2.10. The Morgan fingerprint density at radius 2 is 1.89 bits per heavy atom. The second-order valence-corrected chi connectivity index (χ2v) is 10.6. The first-order valence-corrected chi connectivity index (χ1v) is 12.5. The van der Waals surface area contributed by atoms with Crippen LogP contribution in [0.1, 0.15) is 16.8 Å². The van der Waals surface area contributed by atoms with Gasteiger partial charge in [-0.15, -0.1) is 11.3 Å². The summed E-state index contributed by atoms with van der Waals surface area (Å²) in [6, 6.07) is 4.97. The third kappa shape index (κ3) is 8.58.